The van der Waals surface area contributed by atoms with Gasteiger partial charge in [0.15, 0.2) is 8.32 Å². The van der Waals surface area contributed by atoms with E-state index in [1.165, 1.54) is 5.56 Å². The molecule has 0 N–H and O–H groups in total. The number of ether oxygens (including phenoxy) is 1. The average molecular weight is 337 g/mol. The summed E-state index contributed by atoms with van der Waals surface area (Å²) in [4.78, 5) is 11.2. The molecule has 0 amide bonds. The van der Waals surface area contributed by atoms with Crippen molar-refractivity contribution in [1.82, 2.24) is 0 Å². The van der Waals surface area contributed by atoms with Gasteiger partial charge in [-0.05, 0) is 30.1 Å². The fourth-order valence-electron chi connectivity index (χ4n) is 2.80. The number of carbonyl (C=O) groups is 1. The van der Waals surface area contributed by atoms with Crippen LogP contribution < -0.4 is 0 Å². The Hall–Kier alpha value is -0.973. The summed E-state index contributed by atoms with van der Waals surface area (Å²) in [6.07, 6.45) is 1.78. The quantitative estimate of drug-likeness (QED) is 0.312. The fourth-order valence-corrected chi connectivity index (χ4v) is 5.78. The van der Waals surface area contributed by atoms with Gasteiger partial charge in [-0.1, -0.05) is 58.0 Å². The maximum atomic E-state index is 11.2. The van der Waals surface area contributed by atoms with Gasteiger partial charge >= 0.3 is 0 Å². The van der Waals surface area contributed by atoms with Gasteiger partial charge in [-0.15, -0.1) is 0 Å². The summed E-state index contributed by atoms with van der Waals surface area (Å²) < 4.78 is 12.3. The van der Waals surface area contributed by atoms with Gasteiger partial charge in [-0.25, -0.2) is 0 Å². The maximum absolute atomic E-state index is 11.2. The number of aldehydes is 1. The van der Waals surface area contributed by atoms with Gasteiger partial charge in [0.25, 0.3) is 0 Å². The van der Waals surface area contributed by atoms with Crippen molar-refractivity contribution >= 4 is 14.6 Å². The molecular weight excluding hydrogens is 304 g/mol. The fraction of sp³-hybridized carbons (Fsp3) is 0.632. The predicted molar refractivity (Wildman–Crippen MR) is 98.0 cm³/mol. The van der Waals surface area contributed by atoms with Gasteiger partial charge in [0.05, 0.1) is 12.7 Å². The molecule has 0 saturated carbocycles. The summed E-state index contributed by atoms with van der Waals surface area (Å²) in [7, 11) is -1.70. The van der Waals surface area contributed by atoms with E-state index >= 15 is 0 Å². The van der Waals surface area contributed by atoms with Crippen LogP contribution in [0.15, 0.2) is 30.3 Å². The van der Waals surface area contributed by atoms with E-state index in [0.717, 1.165) is 30.8 Å². The van der Waals surface area contributed by atoms with E-state index < -0.39 is 8.32 Å². The summed E-state index contributed by atoms with van der Waals surface area (Å²) in [5.41, 5.74) is 1.17. The first kappa shape index (κ1) is 20.1. The zero-order chi connectivity index (χ0) is 17.1. The second-order valence-electron chi connectivity index (χ2n) is 6.22. The molecule has 0 bridgehead atoms. The summed E-state index contributed by atoms with van der Waals surface area (Å²) in [5.74, 6) is -0.0770. The van der Waals surface area contributed by atoms with Crippen LogP contribution in [-0.4, -0.2) is 27.3 Å². The summed E-state index contributed by atoms with van der Waals surface area (Å²) >= 11 is 0. The van der Waals surface area contributed by atoms with Crippen molar-refractivity contribution in [3.05, 3.63) is 35.9 Å². The molecule has 23 heavy (non-hydrogen) atoms. The van der Waals surface area contributed by atoms with Gasteiger partial charge in [0.2, 0.25) is 0 Å². The van der Waals surface area contributed by atoms with E-state index in [9.17, 15) is 4.79 Å². The SMILES string of the molecule is CC[Si](CC)(CC)O[C@@H](CCOCc1ccccc1)[C@H](C)C=O. The maximum Gasteiger partial charge on any atom is 0.192 e. The van der Waals surface area contributed by atoms with Gasteiger partial charge in [0.1, 0.15) is 6.29 Å². The van der Waals surface area contributed by atoms with Crippen LogP contribution in [0.2, 0.25) is 18.1 Å². The molecule has 1 aromatic carbocycles. The zero-order valence-electron chi connectivity index (χ0n) is 15.1. The van der Waals surface area contributed by atoms with Gasteiger partial charge < -0.3 is 14.0 Å². The molecule has 0 fully saturated rings. The van der Waals surface area contributed by atoms with Crippen molar-refractivity contribution in [2.75, 3.05) is 6.61 Å². The lowest BCUT2D eigenvalue weighted by Crippen LogP contribution is -2.42. The van der Waals surface area contributed by atoms with Crippen LogP contribution >= 0.6 is 0 Å². The Morgan fingerprint density at radius 3 is 2.22 bits per heavy atom. The molecule has 0 radical (unpaired) electrons. The third kappa shape index (κ3) is 6.57. The highest BCUT2D eigenvalue weighted by Crippen LogP contribution is 2.26. The van der Waals surface area contributed by atoms with Crippen molar-refractivity contribution in [1.29, 1.82) is 0 Å². The second kappa shape index (κ2) is 10.7. The third-order valence-corrected chi connectivity index (χ3v) is 9.46. The summed E-state index contributed by atoms with van der Waals surface area (Å²) in [5, 5.41) is 0. The Morgan fingerprint density at radius 2 is 1.70 bits per heavy atom. The average Bonchev–Trinajstić information content (AvgIpc) is 2.62. The summed E-state index contributed by atoms with van der Waals surface area (Å²) in [6, 6.07) is 13.5. The number of carbonyl (C=O) groups excluding carboxylic acids is 1. The lowest BCUT2D eigenvalue weighted by molar-refractivity contribution is -0.113. The van der Waals surface area contributed by atoms with Gasteiger partial charge in [-0.3, -0.25) is 0 Å². The monoisotopic (exact) mass is 336 g/mol. The van der Waals surface area contributed by atoms with E-state index in [1.54, 1.807) is 0 Å². The van der Waals surface area contributed by atoms with Gasteiger partial charge in [0, 0.05) is 12.5 Å². The Bertz CT molecular complexity index is 423. The largest absolute Gasteiger partial charge is 0.413 e. The number of rotatable bonds is 12. The highest BCUT2D eigenvalue weighted by Gasteiger charge is 2.33. The minimum absolute atomic E-state index is 0.0187. The van der Waals surface area contributed by atoms with Crippen molar-refractivity contribution in [2.24, 2.45) is 5.92 Å². The molecule has 0 aliphatic rings. The number of benzene rings is 1. The molecule has 4 heteroatoms. The van der Waals surface area contributed by atoms with Crippen molar-refractivity contribution in [3.63, 3.8) is 0 Å². The van der Waals surface area contributed by atoms with E-state index in [-0.39, 0.29) is 12.0 Å². The van der Waals surface area contributed by atoms with Crippen LogP contribution in [0.3, 0.4) is 0 Å². The Kier molecular flexibility index (Phi) is 9.37. The number of hydrogen-bond donors (Lipinski definition) is 0. The molecule has 130 valence electrons. The third-order valence-electron chi connectivity index (χ3n) is 4.79. The van der Waals surface area contributed by atoms with Crippen LogP contribution in [0.5, 0.6) is 0 Å². The lowest BCUT2D eigenvalue weighted by Gasteiger charge is -2.34. The molecule has 1 rings (SSSR count). The Morgan fingerprint density at radius 1 is 1.09 bits per heavy atom. The minimum atomic E-state index is -1.70. The minimum Gasteiger partial charge on any atom is -0.413 e. The van der Waals surface area contributed by atoms with Crippen LogP contribution in [0, 0.1) is 5.92 Å². The van der Waals surface area contributed by atoms with Crippen LogP contribution in [0.1, 0.15) is 39.7 Å². The molecule has 0 heterocycles. The molecule has 0 spiro atoms. The Balaban J connectivity index is 2.53. The molecule has 2 atom stereocenters. The highest BCUT2D eigenvalue weighted by molar-refractivity contribution is 6.73. The van der Waals surface area contributed by atoms with Crippen molar-refractivity contribution in [2.45, 2.75) is 65.0 Å². The molecule has 3 nitrogen and oxygen atoms in total. The molecule has 1 aromatic rings. The van der Waals surface area contributed by atoms with E-state index in [2.05, 4.69) is 32.9 Å². The van der Waals surface area contributed by atoms with Crippen molar-refractivity contribution < 1.29 is 14.0 Å². The van der Waals surface area contributed by atoms with Crippen LogP contribution in [0.4, 0.5) is 0 Å². The first-order valence-corrected chi connectivity index (χ1v) is 11.4. The van der Waals surface area contributed by atoms with Crippen LogP contribution in [0.25, 0.3) is 0 Å². The Labute approximate surface area is 142 Å². The molecule has 0 unspecified atom stereocenters. The number of hydrogen-bond acceptors (Lipinski definition) is 3. The molecule has 0 saturated heterocycles. The highest BCUT2D eigenvalue weighted by atomic mass is 28.4. The zero-order valence-corrected chi connectivity index (χ0v) is 16.1. The molecule has 0 aliphatic carbocycles. The lowest BCUT2D eigenvalue weighted by atomic mass is 10.0. The van der Waals surface area contributed by atoms with E-state index in [1.807, 2.05) is 25.1 Å². The standard InChI is InChI=1S/C19H32O3Si/c1-5-23(6-2,7-3)22-19(17(4)15-20)13-14-21-16-18-11-9-8-10-12-18/h8-12,15,17,19H,5-7,13-14,16H2,1-4H3/t17-,19+/m1/s1. The molecule has 0 aromatic heterocycles. The molecule has 0 aliphatic heterocycles. The van der Waals surface area contributed by atoms with Crippen LogP contribution in [-0.2, 0) is 20.6 Å². The van der Waals surface area contributed by atoms with E-state index in [4.69, 9.17) is 9.16 Å². The molecular formula is C19H32O3Si. The first-order chi connectivity index (χ1) is 11.1. The van der Waals surface area contributed by atoms with Gasteiger partial charge in [-0.2, -0.15) is 0 Å². The normalized spacial score (nSPS) is 14.4. The topological polar surface area (TPSA) is 35.5 Å². The predicted octanol–water partition coefficient (Wildman–Crippen LogP) is 4.82. The smallest absolute Gasteiger partial charge is 0.192 e. The van der Waals surface area contributed by atoms with E-state index in [0.29, 0.717) is 13.2 Å². The van der Waals surface area contributed by atoms with Crippen molar-refractivity contribution in [3.8, 4) is 0 Å². The summed E-state index contributed by atoms with van der Waals surface area (Å²) in [6.45, 7) is 9.84. The first-order valence-electron chi connectivity index (χ1n) is 8.85. The second-order valence-corrected chi connectivity index (χ2v) is 10.9.